The van der Waals surface area contributed by atoms with Crippen LogP contribution in [0.5, 0.6) is 5.75 Å². The van der Waals surface area contributed by atoms with Crippen molar-refractivity contribution in [2.24, 2.45) is 0 Å². The van der Waals surface area contributed by atoms with Crippen molar-refractivity contribution in [3.05, 3.63) is 103 Å². The van der Waals surface area contributed by atoms with Crippen LogP contribution in [0, 0.1) is 0 Å². The highest BCUT2D eigenvalue weighted by molar-refractivity contribution is 6.98. The zero-order valence-corrected chi connectivity index (χ0v) is 20.2. The lowest BCUT2D eigenvalue weighted by molar-refractivity contribution is 0.554. The molecule has 0 bridgehead atoms. The Hall–Kier alpha value is -2.84. The molecule has 0 saturated heterocycles. The van der Waals surface area contributed by atoms with E-state index in [2.05, 4.69) is 110 Å². The van der Waals surface area contributed by atoms with Gasteiger partial charge in [-0.25, -0.2) is 0 Å². The van der Waals surface area contributed by atoms with Gasteiger partial charge in [0.25, 0.3) is 0 Å². The van der Waals surface area contributed by atoms with E-state index in [0.717, 1.165) is 11.8 Å². The third-order valence-corrected chi connectivity index (χ3v) is 10.6. The Morgan fingerprint density at radius 2 is 1.12 bits per heavy atom. The highest BCUT2D eigenvalue weighted by atomic mass is 28.4. The number of hydrogen-bond acceptors (Lipinski definition) is 1. The third-order valence-electron chi connectivity index (χ3n) is 6.40. The normalized spacial score (nSPS) is 11.5. The Kier molecular flexibility index (Phi) is 7.79. The predicted octanol–water partition coefficient (Wildman–Crippen LogP) is 7.34. The van der Waals surface area contributed by atoms with Crippen LogP contribution in [0.1, 0.15) is 45.4 Å². The molecule has 0 amide bonds. The molecule has 4 aromatic carbocycles. The van der Waals surface area contributed by atoms with E-state index in [0.29, 0.717) is 0 Å². The summed E-state index contributed by atoms with van der Waals surface area (Å²) in [6, 6.07) is 38.1. The number of rotatable bonds is 11. The first kappa shape index (κ1) is 22.4. The molecule has 32 heavy (non-hydrogen) atoms. The highest BCUT2D eigenvalue weighted by Crippen LogP contribution is 2.29. The molecule has 2 heteroatoms. The van der Waals surface area contributed by atoms with Crippen molar-refractivity contribution in [1.82, 2.24) is 0 Å². The van der Waals surface area contributed by atoms with Gasteiger partial charge in [-0.1, -0.05) is 143 Å². The molecule has 0 aromatic heterocycles. The van der Waals surface area contributed by atoms with Crippen LogP contribution in [0.3, 0.4) is 0 Å². The second-order valence-electron chi connectivity index (χ2n) is 8.66. The van der Waals surface area contributed by atoms with Gasteiger partial charge in [-0.05, 0) is 27.9 Å². The lowest BCUT2D eigenvalue weighted by Crippen LogP contribution is -2.63. The van der Waals surface area contributed by atoms with Crippen molar-refractivity contribution < 1.29 is 4.43 Å². The maximum absolute atomic E-state index is 7.25. The van der Waals surface area contributed by atoms with Crippen LogP contribution in [0.15, 0.2) is 103 Å². The third kappa shape index (κ3) is 5.13. The van der Waals surface area contributed by atoms with Crippen molar-refractivity contribution in [2.45, 2.75) is 51.5 Å². The minimum absolute atomic E-state index is 1.01. The molecule has 4 rings (SSSR count). The van der Waals surface area contributed by atoms with Gasteiger partial charge in [0.05, 0.1) is 0 Å². The average Bonchev–Trinajstić information content (AvgIpc) is 2.86. The van der Waals surface area contributed by atoms with E-state index in [1.54, 1.807) is 0 Å². The minimum Gasteiger partial charge on any atom is -0.534 e. The van der Waals surface area contributed by atoms with E-state index >= 15 is 0 Å². The van der Waals surface area contributed by atoms with Gasteiger partial charge in [0, 0.05) is 5.39 Å². The second kappa shape index (κ2) is 11.1. The Bertz CT molecular complexity index is 1050. The van der Waals surface area contributed by atoms with Crippen molar-refractivity contribution >= 4 is 29.5 Å². The van der Waals surface area contributed by atoms with Gasteiger partial charge in [-0.2, -0.15) is 0 Å². The maximum Gasteiger partial charge on any atom is 0.314 e. The first-order chi connectivity index (χ1) is 15.8. The van der Waals surface area contributed by atoms with Gasteiger partial charge in [-0.3, -0.25) is 0 Å². The Balaban J connectivity index is 1.75. The molecular formula is C30H34OSi. The summed E-state index contributed by atoms with van der Waals surface area (Å²) in [4.78, 5) is 0. The van der Waals surface area contributed by atoms with Crippen LogP contribution in [0.2, 0.25) is 6.04 Å². The number of hydrogen-bond donors (Lipinski definition) is 0. The SMILES string of the molecule is CCCCCCCC[Si](Oc1cccc2ccccc12)(c1ccccc1)c1ccccc1. The lowest BCUT2D eigenvalue weighted by Gasteiger charge is -2.34. The molecule has 4 aromatic rings. The number of fused-ring (bicyclic) bond motifs is 1. The van der Waals surface area contributed by atoms with Crippen LogP contribution in [0.4, 0.5) is 0 Å². The molecule has 0 radical (unpaired) electrons. The summed E-state index contributed by atoms with van der Waals surface area (Å²) in [5.74, 6) is 1.01. The van der Waals surface area contributed by atoms with Gasteiger partial charge in [0.1, 0.15) is 5.75 Å². The average molecular weight is 439 g/mol. The van der Waals surface area contributed by atoms with Crippen molar-refractivity contribution in [3.8, 4) is 5.75 Å². The van der Waals surface area contributed by atoms with E-state index in [4.69, 9.17) is 4.43 Å². The molecule has 0 fully saturated rings. The topological polar surface area (TPSA) is 9.23 Å². The molecule has 0 N–H and O–H groups in total. The fourth-order valence-electron chi connectivity index (χ4n) is 4.67. The Morgan fingerprint density at radius 3 is 1.81 bits per heavy atom. The summed E-state index contributed by atoms with van der Waals surface area (Å²) in [6.45, 7) is 2.28. The summed E-state index contributed by atoms with van der Waals surface area (Å²) in [5, 5.41) is 5.13. The van der Waals surface area contributed by atoms with Gasteiger partial charge in [0.15, 0.2) is 0 Å². The van der Waals surface area contributed by atoms with Gasteiger partial charge in [-0.15, -0.1) is 0 Å². The molecule has 0 heterocycles. The zero-order chi connectivity index (χ0) is 22.1. The minimum atomic E-state index is -2.47. The van der Waals surface area contributed by atoms with Crippen molar-refractivity contribution in [2.75, 3.05) is 0 Å². The van der Waals surface area contributed by atoms with E-state index in [9.17, 15) is 0 Å². The largest absolute Gasteiger partial charge is 0.534 e. The maximum atomic E-state index is 7.25. The Labute approximate surface area is 194 Å². The lowest BCUT2D eigenvalue weighted by atomic mass is 10.1. The van der Waals surface area contributed by atoms with Gasteiger partial charge in [0.2, 0.25) is 0 Å². The van der Waals surface area contributed by atoms with E-state index in [1.165, 1.54) is 59.7 Å². The fraction of sp³-hybridized carbons (Fsp3) is 0.267. The van der Waals surface area contributed by atoms with Crippen LogP contribution in [-0.2, 0) is 0 Å². The highest BCUT2D eigenvalue weighted by Gasteiger charge is 2.41. The molecule has 0 aliphatic rings. The van der Waals surface area contributed by atoms with Crippen molar-refractivity contribution in [1.29, 1.82) is 0 Å². The molecule has 0 aliphatic heterocycles. The monoisotopic (exact) mass is 438 g/mol. The predicted molar refractivity (Wildman–Crippen MR) is 141 cm³/mol. The smallest absolute Gasteiger partial charge is 0.314 e. The van der Waals surface area contributed by atoms with Crippen LogP contribution >= 0.6 is 0 Å². The zero-order valence-electron chi connectivity index (χ0n) is 19.2. The standard InChI is InChI=1S/C30H34OSi/c1-2-3-4-5-6-15-25-32(27-19-9-7-10-20-27,28-21-11-8-12-22-28)31-30-24-16-18-26-17-13-14-23-29(26)30/h7-14,16-24H,2-6,15,25H2,1H3. The van der Waals surface area contributed by atoms with Crippen LogP contribution in [-0.4, -0.2) is 8.32 Å². The van der Waals surface area contributed by atoms with Crippen LogP contribution < -0.4 is 14.8 Å². The summed E-state index contributed by atoms with van der Waals surface area (Å²) in [7, 11) is -2.47. The molecule has 1 nitrogen and oxygen atoms in total. The first-order valence-electron chi connectivity index (χ1n) is 12.1. The van der Waals surface area contributed by atoms with Gasteiger partial charge >= 0.3 is 8.32 Å². The summed E-state index contributed by atoms with van der Waals surface area (Å²) < 4.78 is 7.25. The van der Waals surface area contributed by atoms with Crippen LogP contribution in [0.25, 0.3) is 10.8 Å². The molecule has 0 saturated carbocycles. The molecular weight excluding hydrogens is 404 g/mol. The Morgan fingerprint density at radius 1 is 0.562 bits per heavy atom. The molecule has 0 aliphatic carbocycles. The first-order valence-corrected chi connectivity index (χ1v) is 14.2. The van der Waals surface area contributed by atoms with E-state index in [-0.39, 0.29) is 0 Å². The summed E-state index contributed by atoms with van der Waals surface area (Å²) in [5.41, 5.74) is 0. The summed E-state index contributed by atoms with van der Waals surface area (Å²) in [6.07, 6.45) is 7.75. The quantitative estimate of drug-likeness (QED) is 0.176. The summed E-state index contributed by atoms with van der Waals surface area (Å²) >= 11 is 0. The van der Waals surface area contributed by atoms with E-state index in [1.807, 2.05) is 0 Å². The van der Waals surface area contributed by atoms with E-state index < -0.39 is 8.32 Å². The molecule has 0 unspecified atom stereocenters. The second-order valence-corrected chi connectivity index (χ2v) is 12.2. The number of unbranched alkanes of at least 4 members (excludes halogenated alkanes) is 5. The van der Waals surface area contributed by atoms with Crippen molar-refractivity contribution in [3.63, 3.8) is 0 Å². The van der Waals surface area contributed by atoms with Gasteiger partial charge < -0.3 is 4.43 Å². The fourth-order valence-corrected chi connectivity index (χ4v) is 8.68. The molecule has 0 atom stereocenters. The number of benzene rings is 4. The molecule has 164 valence electrons. The molecule has 0 spiro atoms.